The molecule has 0 aromatic heterocycles. The minimum Gasteiger partial charge on any atom is -0.491 e. The second kappa shape index (κ2) is 8.09. The topological polar surface area (TPSA) is 9.23 Å². The van der Waals surface area contributed by atoms with Gasteiger partial charge in [-0.2, -0.15) is 0 Å². The van der Waals surface area contributed by atoms with Crippen molar-refractivity contribution in [2.45, 2.75) is 77.0 Å². The lowest BCUT2D eigenvalue weighted by Gasteiger charge is -2.45. The average Bonchev–Trinajstić information content (AvgIpc) is 2.67. The van der Waals surface area contributed by atoms with Gasteiger partial charge in [0.25, 0.3) is 0 Å². The number of methoxy groups -OCH3 is 1. The van der Waals surface area contributed by atoms with Crippen molar-refractivity contribution in [3.8, 4) is 5.75 Å². The van der Waals surface area contributed by atoms with E-state index in [4.69, 9.17) is 4.74 Å². The third kappa shape index (κ3) is 4.03. The molecule has 4 unspecified atom stereocenters. The molecule has 0 N–H and O–H groups in total. The fraction of sp³-hybridized carbons (Fsp3) is 0.750. The van der Waals surface area contributed by atoms with Crippen molar-refractivity contribution in [1.82, 2.24) is 0 Å². The normalized spacial score (nSPS) is 36.9. The smallest absolute Gasteiger partial charge is 0.190 e. The summed E-state index contributed by atoms with van der Waals surface area (Å²) in [6.07, 6.45) is 13.2. The van der Waals surface area contributed by atoms with E-state index in [1.807, 2.05) is 0 Å². The van der Waals surface area contributed by atoms with E-state index in [0.717, 1.165) is 48.0 Å². The Morgan fingerprint density at radius 2 is 1.26 bits per heavy atom. The molecule has 1 nitrogen and oxygen atoms in total. The van der Waals surface area contributed by atoms with E-state index in [-0.39, 0.29) is 5.75 Å². The molecule has 3 saturated carbocycles. The van der Waals surface area contributed by atoms with Crippen LogP contribution in [-0.2, 0) is 0 Å². The largest absolute Gasteiger partial charge is 0.491 e. The van der Waals surface area contributed by atoms with Crippen LogP contribution in [0.25, 0.3) is 0 Å². The number of hydrogen-bond acceptors (Lipinski definition) is 1. The van der Waals surface area contributed by atoms with E-state index in [2.05, 4.69) is 6.92 Å². The summed E-state index contributed by atoms with van der Waals surface area (Å²) in [5, 5.41) is 0. The summed E-state index contributed by atoms with van der Waals surface area (Å²) >= 11 is 0. The summed E-state index contributed by atoms with van der Waals surface area (Å²) in [5.74, 6) is 3.52. The number of hydrogen-bond donors (Lipinski definition) is 0. The van der Waals surface area contributed by atoms with E-state index in [1.165, 1.54) is 70.6 Å². The van der Waals surface area contributed by atoms with E-state index in [9.17, 15) is 8.78 Å². The molecule has 1 aromatic carbocycles. The Hall–Kier alpha value is -1.12. The van der Waals surface area contributed by atoms with E-state index >= 15 is 0 Å². The molecule has 4 atom stereocenters. The lowest BCUT2D eigenvalue weighted by Crippen LogP contribution is -2.34. The van der Waals surface area contributed by atoms with Gasteiger partial charge in [-0.1, -0.05) is 13.3 Å². The highest BCUT2D eigenvalue weighted by Gasteiger charge is 2.38. The van der Waals surface area contributed by atoms with Gasteiger partial charge in [0, 0.05) is 0 Å². The van der Waals surface area contributed by atoms with Crippen LogP contribution in [0.2, 0.25) is 0 Å². The van der Waals surface area contributed by atoms with Gasteiger partial charge in [0.2, 0.25) is 0 Å². The summed E-state index contributed by atoms with van der Waals surface area (Å²) < 4.78 is 32.9. The van der Waals surface area contributed by atoms with Gasteiger partial charge in [0.15, 0.2) is 17.4 Å². The van der Waals surface area contributed by atoms with Gasteiger partial charge in [0.1, 0.15) is 0 Å². The first-order valence-corrected chi connectivity index (χ1v) is 11.1. The first kappa shape index (κ1) is 19.2. The van der Waals surface area contributed by atoms with Crippen LogP contribution in [0, 0.1) is 41.2 Å². The molecule has 3 aliphatic carbocycles. The molecule has 0 radical (unpaired) electrons. The molecule has 0 saturated heterocycles. The molecular weight excluding hydrogens is 342 g/mol. The van der Waals surface area contributed by atoms with Crippen molar-refractivity contribution in [3.05, 3.63) is 29.3 Å². The average molecular weight is 377 g/mol. The molecule has 3 heteroatoms. The maximum Gasteiger partial charge on any atom is 0.190 e. The molecule has 0 bridgehead atoms. The third-order valence-electron chi connectivity index (χ3n) is 8.05. The maximum atomic E-state index is 14.1. The van der Waals surface area contributed by atoms with E-state index < -0.39 is 11.6 Å². The van der Waals surface area contributed by atoms with Crippen molar-refractivity contribution in [2.75, 3.05) is 7.11 Å². The number of benzene rings is 1. The Bertz CT molecular complexity index is 627. The van der Waals surface area contributed by atoms with Crippen LogP contribution in [0.1, 0.15) is 82.6 Å². The van der Waals surface area contributed by atoms with E-state index in [0.29, 0.717) is 5.92 Å². The monoisotopic (exact) mass is 376 g/mol. The zero-order chi connectivity index (χ0) is 19.0. The van der Waals surface area contributed by atoms with Crippen molar-refractivity contribution < 1.29 is 13.5 Å². The Balaban J connectivity index is 1.34. The highest BCUT2D eigenvalue weighted by atomic mass is 19.1. The summed E-state index contributed by atoms with van der Waals surface area (Å²) in [7, 11) is 1.31. The van der Waals surface area contributed by atoms with Crippen LogP contribution >= 0.6 is 0 Å². The quantitative estimate of drug-likeness (QED) is 0.546. The minimum atomic E-state index is -0.570. The summed E-state index contributed by atoms with van der Waals surface area (Å²) in [6, 6.07) is 2.97. The predicted octanol–water partition coefficient (Wildman–Crippen LogP) is 7.10. The highest BCUT2D eigenvalue weighted by molar-refractivity contribution is 5.33. The molecule has 0 spiro atoms. The molecule has 3 aliphatic rings. The van der Waals surface area contributed by atoms with Gasteiger partial charge in [-0.3, -0.25) is 0 Å². The van der Waals surface area contributed by atoms with Crippen LogP contribution in [0.5, 0.6) is 5.75 Å². The summed E-state index contributed by atoms with van der Waals surface area (Å²) in [6.45, 7) is 2.43. The van der Waals surface area contributed by atoms with Crippen LogP contribution < -0.4 is 4.74 Å². The second-order valence-corrected chi connectivity index (χ2v) is 9.64. The molecule has 27 heavy (non-hydrogen) atoms. The molecule has 4 rings (SSSR count). The van der Waals surface area contributed by atoms with Crippen molar-refractivity contribution in [3.63, 3.8) is 0 Å². The number of rotatable bonds is 3. The van der Waals surface area contributed by atoms with E-state index in [1.54, 1.807) is 0 Å². The Kier molecular flexibility index (Phi) is 5.75. The van der Waals surface area contributed by atoms with Crippen LogP contribution in [0.15, 0.2) is 12.1 Å². The summed E-state index contributed by atoms with van der Waals surface area (Å²) in [4.78, 5) is 0. The van der Waals surface area contributed by atoms with Gasteiger partial charge < -0.3 is 4.74 Å². The van der Waals surface area contributed by atoms with Gasteiger partial charge in [-0.05, 0) is 111 Å². The number of ether oxygens (including phenoxy) is 1. The molecule has 150 valence electrons. The Labute approximate surface area is 162 Å². The molecule has 3 fully saturated rings. The molecule has 0 amide bonds. The molecule has 1 aromatic rings. The number of halogens is 2. The standard InChI is InChI=1S/C24H34F2O/c1-15-3-4-20-12-19(10-9-18(20)11-15)16-5-7-17(8-6-16)21-13-22(25)24(27-2)23(26)14-21/h13-20H,3-12H2,1-2H3. The molecule has 0 aliphatic heterocycles. The fourth-order valence-electron chi connectivity index (χ4n) is 6.52. The van der Waals surface area contributed by atoms with Crippen molar-refractivity contribution >= 4 is 0 Å². The van der Waals surface area contributed by atoms with Gasteiger partial charge in [-0.15, -0.1) is 0 Å². The maximum absolute atomic E-state index is 14.1. The fourth-order valence-corrected chi connectivity index (χ4v) is 6.52. The Morgan fingerprint density at radius 1 is 0.741 bits per heavy atom. The SMILES string of the molecule is COc1c(F)cc(C2CCC(C3CCC4CC(C)CCC4C3)CC2)cc1F. The third-order valence-corrected chi connectivity index (χ3v) is 8.05. The van der Waals surface area contributed by atoms with Crippen molar-refractivity contribution in [2.24, 2.45) is 29.6 Å². The molecular formula is C24H34F2O. The van der Waals surface area contributed by atoms with Gasteiger partial charge in [-0.25, -0.2) is 8.78 Å². The zero-order valence-electron chi connectivity index (χ0n) is 16.9. The van der Waals surface area contributed by atoms with Crippen LogP contribution in [0.4, 0.5) is 8.78 Å². The van der Waals surface area contributed by atoms with Crippen molar-refractivity contribution in [1.29, 1.82) is 0 Å². The van der Waals surface area contributed by atoms with Crippen LogP contribution in [0.3, 0.4) is 0 Å². The van der Waals surface area contributed by atoms with Gasteiger partial charge in [0.05, 0.1) is 7.11 Å². The minimum absolute atomic E-state index is 0.258. The number of fused-ring (bicyclic) bond motifs is 1. The lowest BCUT2D eigenvalue weighted by molar-refractivity contribution is 0.0672. The zero-order valence-corrected chi connectivity index (χ0v) is 16.9. The predicted molar refractivity (Wildman–Crippen MR) is 105 cm³/mol. The second-order valence-electron chi connectivity index (χ2n) is 9.64. The van der Waals surface area contributed by atoms with Gasteiger partial charge >= 0.3 is 0 Å². The molecule has 0 heterocycles. The first-order chi connectivity index (χ1) is 13.0. The first-order valence-electron chi connectivity index (χ1n) is 11.1. The lowest BCUT2D eigenvalue weighted by atomic mass is 9.61. The highest BCUT2D eigenvalue weighted by Crippen LogP contribution is 2.50. The van der Waals surface area contributed by atoms with Crippen LogP contribution in [-0.4, -0.2) is 7.11 Å². The Morgan fingerprint density at radius 3 is 1.89 bits per heavy atom. The summed E-state index contributed by atoms with van der Waals surface area (Å²) in [5.41, 5.74) is 0.814.